The van der Waals surface area contributed by atoms with E-state index in [1.807, 2.05) is 37.4 Å². The molecule has 12 nitrogen and oxygen atoms in total. The number of rotatable bonds is 4. The van der Waals surface area contributed by atoms with Gasteiger partial charge < -0.3 is 25.4 Å². The van der Waals surface area contributed by atoms with E-state index in [1.165, 1.54) is 0 Å². The fourth-order valence-electron chi connectivity index (χ4n) is 7.17. The van der Waals surface area contributed by atoms with Crippen LogP contribution >= 0.6 is 0 Å². The zero-order valence-corrected chi connectivity index (χ0v) is 27.2. The molecule has 3 aliphatic rings. The van der Waals surface area contributed by atoms with Crippen LogP contribution in [0.25, 0.3) is 0 Å². The van der Waals surface area contributed by atoms with Gasteiger partial charge in [0, 0.05) is 74.6 Å². The summed E-state index contributed by atoms with van der Waals surface area (Å²) < 4.78 is 1.73. The van der Waals surface area contributed by atoms with Crippen LogP contribution in [0.5, 0.6) is 0 Å². The Bertz CT molecular complexity index is 1690. The summed E-state index contributed by atoms with van der Waals surface area (Å²) in [6, 6.07) is 9.67. The van der Waals surface area contributed by atoms with Crippen LogP contribution in [0.2, 0.25) is 0 Å². The number of hydrogen-bond donors (Lipinski definition) is 3. The van der Waals surface area contributed by atoms with Crippen molar-refractivity contribution in [3.05, 3.63) is 75.4 Å². The highest BCUT2D eigenvalue weighted by Gasteiger charge is 2.31. The van der Waals surface area contributed by atoms with E-state index in [4.69, 9.17) is 0 Å². The summed E-state index contributed by atoms with van der Waals surface area (Å²) in [5, 5.41) is 10.6. The number of nitrogens with zero attached hydrogens (tertiary/aromatic N) is 4. The van der Waals surface area contributed by atoms with E-state index in [2.05, 4.69) is 20.7 Å². The summed E-state index contributed by atoms with van der Waals surface area (Å²) in [7, 11) is 1.82. The van der Waals surface area contributed by atoms with E-state index in [9.17, 15) is 24.0 Å². The van der Waals surface area contributed by atoms with E-state index in [-0.39, 0.29) is 68.1 Å². The van der Waals surface area contributed by atoms with Gasteiger partial charge in [0.15, 0.2) is 11.5 Å². The fourth-order valence-corrected chi connectivity index (χ4v) is 7.17. The molecule has 12 heteroatoms. The predicted molar refractivity (Wildman–Crippen MR) is 174 cm³/mol. The highest BCUT2D eigenvalue weighted by atomic mass is 16.2. The van der Waals surface area contributed by atoms with Crippen molar-refractivity contribution in [1.82, 2.24) is 35.2 Å². The highest BCUT2D eigenvalue weighted by molar-refractivity contribution is 6.04. The lowest BCUT2D eigenvalue weighted by Gasteiger charge is -2.27. The summed E-state index contributed by atoms with van der Waals surface area (Å²) >= 11 is 0. The van der Waals surface area contributed by atoms with Crippen LogP contribution < -0.4 is 10.6 Å². The normalized spacial score (nSPS) is 19.6. The lowest BCUT2D eigenvalue weighted by Crippen LogP contribution is -2.46. The molecule has 1 unspecified atom stereocenters. The summed E-state index contributed by atoms with van der Waals surface area (Å²) in [5.74, 6) is -0.954. The van der Waals surface area contributed by atoms with Crippen molar-refractivity contribution in [2.75, 3.05) is 32.7 Å². The molecule has 1 aromatic carbocycles. The Morgan fingerprint density at radius 3 is 2.60 bits per heavy atom. The second kappa shape index (κ2) is 13.9. The van der Waals surface area contributed by atoms with Gasteiger partial charge in [0.2, 0.25) is 11.8 Å². The molecule has 4 amide bonds. The number of benzene rings is 1. The highest BCUT2D eigenvalue weighted by Crippen LogP contribution is 2.28. The zero-order chi connectivity index (χ0) is 33.1. The van der Waals surface area contributed by atoms with Crippen molar-refractivity contribution < 1.29 is 24.0 Å². The van der Waals surface area contributed by atoms with Gasteiger partial charge in [-0.2, -0.15) is 5.10 Å². The van der Waals surface area contributed by atoms with E-state index in [0.717, 1.165) is 28.9 Å². The molecule has 1 atom stereocenters. The number of hydrogen-bond acceptors (Lipinski definition) is 6. The average Bonchev–Trinajstić information content (AvgIpc) is 3.58. The summed E-state index contributed by atoms with van der Waals surface area (Å²) in [5.41, 5.74) is 5.61. The molecule has 3 heterocycles. The number of aromatic amines is 1. The van der Waals surface area contributed by atoms with E-state index >= 15 is 0 Å². The molecule has 0 saturated heterocycles. The van der Waals surface area contributed by atoms with Gasteiger partial charge in [-0.1, -0.05) is 30.3 Å². The van der Waals surface area contributed by atoms with E-state index in [1.54, 1.807) is 21.4 Å². The van der Waals surface area contributed by atoms with Crippen molar-refractivity contribution in [2.24, 2.45) is 7.05 Å². The Labute approximate surface area is 274 Å². The number of carbonyl (C=O) groups is 5. The maximum atomic E-state index is 14.0. The number of ketones is 1. The lowest BCUT2D eigenvalue weighted by molar-refractivity contribution is -0.136. The van der Waals surface area contributed by atoms with Gasteiger partial charge in [-0.3, -0.25) is 28.7 Å². The largest absolute Gasteiger partial charge is 0.354 e. The number of aromatic nitrogens is 3. The lowest BCUT2D eigenvalue weighted by atomic mass is 9.91. The Morgan fingerprint density at radius 1 is 1.00 bits per heavy atom. The molecular formula is C35H43N7O5. The first-order valence-corrected chi connectivity index (χ1v) is 16.7. The van der Waals surface area contributed by atoms with Crippen molar-refractivity contribution in [2.45, 2.75) is 70.8 Å². The third-order valence-electron chi connectivity index (χ3n) is 9.66. The molecule has 6 rings (SSSR count). The minimum absolute atomic E-state index is 0.0429. The number of aryl methyl sites for hydroxylation is 2. The standard InChI is InChI=1S/C35H43N7O5/c1-22-31-26(10-6-11-28(31)43)38-32(22)35(47)41-17-7-12-30(45)42(18-15-23-8-4-3-5-9-23)21-29(44)37-24-13-14-27-25(20-24)33(39-40(27)2)34(46)36-16-19-41/h3-5,8-9,24,38H,6-7,10-21H2,1-2H3,(H,36,46)(H,37,44). The van der Waals surface area contributed by atoms with Gasteiger partial charge in [0.1, 0.15) is 5.69 Å². The summed E-state index contributed by atoms with van der Waals surface area (Å²) in [6.07, 6.45) is 4.90. The van der Waals surface area contributed by atoms with Crippen LogP contribution in [0, 0.1) is 6.92 Å². The van der Waals surface area contributed by atoms with E-state index < -0.39 is 0 Å². The minimum atomic E-state index is -0.329. The van der Waals surface area contributed by atoms with Crippen molar-refractivity contribution in [3.63, 3.8) is 0 Å². The smallest absolute Gasteiger partial charge is 0.272 e. The topological polar surface area (TPSA) is 149 Å². The monoisotopic (exact) mass is 641 g/mol. The molecule has 3 N–H and O–H groups in total. The van der Waals surface area contributed by atoms with E-state index in [0.29, 0.717) is 74.0 Å². The van der Waals surface area contributed by atoms with Crippen LogP contribution in [-0.2, 0) is 42.3 Å². The molecule has 1 aliphatic heterocycles. The van der Waals surface area contributed by atoms with Crippen LogP contribution in [-0.4, -0.2) is 92.7 Å². The molecule has 47 heavy (non-hydrogen) atoms. The number of nitrogens with one attached hydrogen (secondary N) is 3. The molecule has 0 saturated carbocycles. The third kappa shape index (κ3) is 7.01. The minimum Gasteiger partial charge on any atom is -0.354 e. The summed E-state index contributed by atoms with van der Waals surface area (Å²) in [4.78, 5) is 73.4. The molecule has 248 valence electrons. The molecule has 2 aromatic heterocycles. The molecule has 0 radical (unpaired) electrons. The van der Waals surface area contributed by atoms with Gasteiger partial charge in [-0.25, -0.2) is 0 Å². The quantitative estimate of drug-likeness (QED) is 0.398. The molecule has 2 bridgehead atoms. The Hall–Kier alpha value is -4.74. The average molecular weight is 642 g/mol. The van der Waals surface area contributed by atoms with Crippen LogP contribution in [0.4, 0.5) is 0 Å². The Morgan fingerprint density at radius 2 is 1.81 bits per heavy atom. The Kier molecular flexibility index (Phi) is 9.55. The molecule has 0 spiro atoms. The zero-order valence-electron chi connectivity index (χ0n) is 27.2. The van der Waals surface area contributed by atoms with Gasteiger partial charge in [0.25, 0.3) is 11.8 Å². The Balaban J connectivity index is 1.26. The number of carbonyl (C=O) groups excluding carboxylic acids is 5. The van der Waals surface area contributed by atoms with Gasteiger partial charge >= 0.3 is 0 Å². The van der Waals surface area contributed by atoms with Crippen LogP contribution in [0.15, 0.2) is 30.3 Å². The third-order valence-corrected chi connectivity index (χ3v) is 9.66. The second-order valence-electron chi connectivity index (χ2n) is 12.9. The predicted octanol–water partition coefficient (Wildman–Crippen LogP) is 2.29. The molecule has 3 aromatic rings. The first-order chi connectivity index (χ1) is 22.7. The van der Waals surface area contributed by atoms with Gasteiger partial charge in [-0.05, 0) is 63.0 Å². The van der Waals surface area contributed by atoms with Gasteiger partial charge in [0.05, 0.1) is 6.54 Å². The van der Waals surface area contributed by atoms with Crippen molar-refractivity contribution in [3.8, 4) is 0 Å². The summed E-state index contributed by atoms with van der Waals surface area (Å²) in [6.45, 7) is 2.78. The number of Topliss-reactive ketones (excluding diaryl/α,β-unsaturated/α-hetero) is 1. The SMILES string of the molecule is Cc1c(C(=O)N2CCCC(=O)N(CCc3ccccc3)CC(=O)NC3CCc4c(c(nn4C)C(=O)NCC2)C3)[nH]c2c1C(=O)CCC2. The second-order valence-corrected chi connectivity index (χ2v) is 12.9. The van der Waals surface area contributed by atoms with Crippen molar-refractivity contribution >= 4 is 29.4 Å². The maximum absolute atomic E-state index is 14.0. The molecule has 0 fully saturated rings. The number of amides is 4. The van der Waals surface area contributed by atoms with Crippen LogP contribution in [0.1, 0.15) is 91.5 Å². The maximum Gasteiger partial charge on any atom is 0.272 e. The molecule has 2 aliphatic carbocycles. The number of fused-ring (bicyclic) bond motifs is 2. The number of H-pyrrole nitrogens is 1. The van der Waals surface area contributed by atoms with Crippen molar-refractivity contribution in [1.29, 1.82) is 0 Å². The first kappa shape index (κ1) is 32.2. The fraction of sp³-hybridized carbons (Fsp3) is 0.486. The van der Waals surface area contributed by atoms with Crippen LogP contribution in [0.3, 0.4) is 0 Å². The first-order valence-electron chi connectivity index (χ1n) is 16.7. The van der Waals surface area contributed by atoms with Gasteiger partial charge in [-0.15, -0.1) is 0 Å². The molecular weight excluding hydrogens is 598 g/mol.